The van der Waals surface area contributed by atoms with Gasteiger partial charge < -0.3 is 8.92 Å². The van der Waals surface area contributed by atoms with Gasteiger partial charge in [-0.3, -0.25) is 4.79 Å². The van der Waals surface area contributed by atoms with Crippen LogP contribution < -0.4 is 14.3 Å². The number of aryl methyl sites for hydroxylation is 1. The molecule has 0 saturated heterocycles. The molecule has 4 aromatic rings. The van der Waals surface area contributed by atoms with Gasteiger partial charge in [0.25, 0.3) is 5.91 Å². The van der Waals surface area contributed by atoms with Gasteiger partial charge in [0.05, 0.1) is 6.21 Å². The summed E-state index contributed by atoms with van der Waals surface area (Å²) in [5.41, 5.74) is 5.45. The highest BCUT2D eigenvalue weighted by atomic mass is 35.5. The molecular formula is C28H23ClN2O5S. The first-order valence-corrected chi connectivity index (χ1v) is 13.0. The molecule has 0 unspecified atom stereocenters. The molecule has 37 heavy (non-hydrogen) atoms. The normalized spacial score (nSPS) is 11.3. The van der Waals surface area contributed by atoms with Crippen LogP contribution in [0.2, 0.25) is 5.02 Å². The van der Waals surface area contributed by atoms with Crippen molar-refractivity contribution in [3.63, 3.8) is 0 Å². The molecule has 0 bridgehead atoms. The maximum Gasteiger partial charge on any atom is 0.339 e. The fraction of sp³-hybridized carbons (Fsp3) is 0.0714. The third-order valence-corrected chi connectivity index (χ3v) is 6.72. The number of hydrazone groups is 1. The Hall–Kier alpha value is -4.14. The maximum absolute atomic E-state index is 12.4. The molecule has 1 amide bonds. The lowest BCUT2D eigenvalue weighted by atomic mass is 10.2. The summed E-state index contributed by atoms with van der Waals surface area (Å²) in [7, 11) is -3.93. The summed E-state index contributed by atoms with van der Waals surface area (Å²) in [6.07, 6.45) is 1.44. The van der Waals surface area contributed by atoms with E-state index in [1.54, 1.807) is 60.7 Å². The first-order valence-electron chi connectivity index (χ1n) is 11.2. The summed E-state index contributed by atoms with van der Waals surface area (Å²) < 4.78 is 35.7. The Bertz CT molecular complexity index is 1480. The van der Waals surface area contributed by atoms with E-state index < -0.39 is 10.1 Å². The van der Waals surface area contributed by atoms with Crippen LogP contribution in [0.25, 0.3) is 0 Å². The number of hydrogen-bond acceptors (Lipinski definition) is 6. The molecule has 9 heteroatoms. The Morgan fingerprint density at radius 2 is 1.49 bits per heavy atom. The van der Waals surface area contributed by atoms with Crippen molar-refractivity contribution in [3.8, 4) is 11.5 Å². The molecule has 7 nitrogen and oxygen atoms in total. The molecule has 0 aliphatic rings. The van der Waals surface area contributed by atoms with E-state index in [0.29, 0.717) is 28.5 Å². The lowest BCUT2D eigenvalue weighted by Gasteiger charge is -2.07. The van der Waals surface area contributed by atoms with Gasteiger partial charge in [0.2, 0.25) is 0 Å². The van der Waals surface area contributed by atoms with E-state index in [9.17, 15) is 13.2 Å². The highest BCUT2D eigenvalue weighted by Gasteiger charge is 2.16. The lowest BCUT2D eigenvalue weighted by Crippen LogP contribution is -2.17. The standard InChI is InChI=1S/C28H23ClN2O5S/c1-20-2-16-27(17-3-20)37(33,34)36-26-12-6-21(7-13-26)18-30-31-28(32)23-8-14-25(15-9-23)35-19-22-4-10-24(29)11-5-22/h2-18H,19H2,1H3,(H,31,32). The predicted molar refractivity (Wildman–Crippen MR) is 143 cm³/mol. The van der Waals surface area contributed by atoms with E-state index in [2.05, 4.69) is 10.5 Å². The summed E-state index contributed by atoms with van der Waals surface area (Å²) in [4.78, 5) is 12.4. The molecule has 0 aliphatic heterocycles. The Morgan fingerprint density at radius 3 is 2.14 bits per heavy atom. The second kappa shape index (κ2) is 11.7. The van der Waals surface area contributed by atoms with Gasteiger partial charge >= 0.3 is 10.1 Å². The minimum Gasteiger partial charge on any atom is -0.489 e. The molecule has 0 aromatic heterocycles. The number of carbonyl (C=O) groups is 1. The van der Waals surface area contributed by atoms with Gasteiger partial charge in [-0.25, -0.2) is 5.43 Å². The van der Waals surface area contributed by atoms with E-state index in [1.165, 1.54) is 30.5 Å². The van der Waals surface area contributed by atoms with Gasteiger partial charge in [0, 0.05) is 10.6 Å². The van der Waals surface area contributed by atoms with Gasteiger partial charge in [0.1, 0.15) is 23.0 Å². The maximum atomic E-state index is 12.4. The third-order valence-electron chi connectivity index (χ3n) is 5.21. The van der Waals surface area contributed by atoms with Crippen LogP contribution in [0.3, 0.4) is 0 Å². The molecule has 0 fully saturated rings. The molecule has 0 spiro atoms. The molecule has 4 rings (SSSR count). The topological polar surface area (TPSA) is 94.1 Å². The molecule has 0 radical (unpaired) electrons. The van der Waals surface area contributed by atoms with Crippen molar-refractivity contribution in [2.24, 2.45) is 5.10 Å². The first-order chi connectivity index (χ1) is 17.8. The number of carbonyl (C=O) groups excluding carboxylic acids is 1. The van der Waals surface area contributed by atoms with Gasteiger partial charge in [-0.15, -0.1) is 0 Å². The second-order valence-electron chi connectivity index (χ2n) is 8.06. The lowest BCUT2D eigenvalue weighted by molar-refractivity contribution is 0.0955. The molecule has 0 heterocycles. The number of nitrogens with one attached hydrogen (secondary N) is 1. The van der Waals surface area contributed by atoms with Crippen molar-refractivity contribution < 1.29 is 22.1 Å². The largest absolute Gasteiger partial charge is 0.489 e. The molecule has 4 aromatic carbocycles. The Morgan fingerprint density at radius 1 is 0.865 bits per heavy atom. The van der Waals surface area contributed by atoms with Crippen LogP contribution in [0.5, 0.6) is 11.5 Å². The van der Waals surface area contributed by atoms with Crippen molar-refractivity contribution >= 4 is 33.8 Å². The number of halogens is 1. The van der Waals surface area contributed by atoms with E-state index in [0.717, 1.165) is 11.1 Å². The number of amides is 1. The fourth-order valence-electron chi connectivity index (χ4n) is 3.17. The second-order valence-corrected chi connectivity index (χ2v) is 10.0. The summed E-state index contributed by atoms with van der Waals surface area (Å²) >= 11 is 5.88. The summed E-state index contributed by atoms with van der Waals surface area (Å²) in [6.45, 7) is 2.25. The van der Waals surface area contributed by atoms with Crippen LogP contribution >= 0.6 is 11.6 Å². The van der Waals surface area contributed by atoms with Crippen LogP contribution in [-0.4, -0.2) is 20.5 Å². The average molecular weight is 535 g/mol. The molecule has 0 saturated carbocycles. The molecule has 1 N–H and O–H groups in total. The van der Waals surface area contributed by atoms with Crippen molar-refractivity contribution in [1.29, 1.82) is 0 Å². The summed E-state index contributed by atoms with van der Waals surface area (Å²) in [5, 5.41) is 4.62. The van der Waals surface area contributed by atoms with Crippen LogP contribution in [0.4, 0.5) is 0 Å². The van der Waals surface area contributed by atoms with Crippen LogP contribution in [0, 0.1) is 6.92 Å². The van der Waals surface area contributed by atoms with Crippen molar-refractivity contribution in [2.45, 2.75) is 18.4 Å². The molecule has 188 valence electrons. The Kier molecular flexibility index (Phi) is 8.22. The van der Waals surface area contributed by atoms with Crippen LogP contribution in [0.15, 0.2) is 107 Å². The fourth-order valence-corrected chi connectivity index (χ4v) is 4.23. The van der Waals surface area contributed by atoms with Crippen molar-refractivity contribution in [1.82, 2.24) is 5.43 Å². The van der Waals surface area contributed by atoms with E-state index in [1.807, 2.05) is 19.1 Å². The van der Waals surface area contributed by atoms with Crippen LogP contribution in [0.1, 0.15) is 27.0 Å². The smallest absolute Gasteiger partial charge is 0.339 e. The zero-order chi connectivity index (χ0) is 26.3. The van der Waals surface area contributed by atoms with Gasteiger partial charge in [-0.05, 0) is 90.8 Å². The number of hydrogen-bond donors (Lipinski definition) is 1. The van der Waals surface area contributed by atoms with E-state index >= 15 is 0 Å². The van der Waals surface area contributed by atoms with Gasteiger partial charge in [-0.1, -0.05) is 41.4 Å². The number of rotatable bonds is 9. The number of nitrogens with zero attached hydrogens (tertiary/aromatic N) is 1. The van der Waals surface area contributed by atoms with E-state index in [-0.39, 0.29) is 16.6 Å². The minimum atomic E-state index is -3.93. The monoisotopic (exact) mass is 534 g/mol. The molecule has 0 aliphatic carbocycles. The minimum absolute atomic E-state index is 0.0765. The van der Waals surface area contributed by atoms with Gasteiger partial charge in [-0.2, -0.15) is 13.5 Å². The number of benzene rings is 4. The zero-order valence-corrected chi connectivity index (χ0v) is 21.4. The molecular weight excluding hydrogens is 512 g/mol. The van der Waals surface area contributed by atoms with Crippen LogP contribution in [-0.2, 0) is 16.7 Å². The summed E-state index contributed by atoms with van der Waals surface area (Å²) in [6, 6.07) is 26.7. The average Bonchev–Trinajstić information content (AvgIpc) is 2.90. The van der Waals surface area contributed by atoms with Gasteiger partial charge in [0.15, 0.2) is 0 Å². The Balaban J connectivity index is 1.28. The quantitative estimate of drug-likeness (QED) is 0.167. The number of ether oxygens (including phenoxy) is 1. The third kappa shape index (κ3) is 7.42. The molecule has 0 atom stereocenters. The summed E-state index contributed by atoms with van der Waals surface area (Å²) in [5.74, 6) is 0.409. The zero-order valence-electron chi connectivity index (χ0n) is 19.8. The highest BCUT2D eigenvalue weighted by molar-refractivity contribution is 7.87. The Labute approximate surface area is 220 Å². The first kappa shape index (κ1) is 25.9. The SMILES string of the molecule is Cc1ccc(S(=O)(=O)Oc2ccc(C=NNC(=O)c3ccc(OCc4ccc(Cl)cc4)cc3)cc2)cc1. The van der Waals surface area contributed by atoms with Crippen molar-refractivity contribution in [2.75, 3.05) is 0 Å². The van der Waals surface area contributed by atoms with Crippen molar-refractivity contribution in [3.05, 3.63) is 124 Å². The predicted octanol–water partition coefficient (Wildman–Crippen LogP) is 5.76. The highest BCUT2D eigenvalue weighted by Crippen LogP contribution is 2.19. The van der Waals surface area contributed by atoms with E-state index in [4.69, 9.17) is 20.5 Å².